The van der Waals surface area contributed by atoms with E-state index in [9.17, 15) is 9.59 Å². The van der Waals surface area contributed by atoms with Gasteiger partial charge in [0.05, 0.1) is 21.3 Å². The summed E-state index contributed by atoms with van der Waals surface area (Å²) in [6, 6.07) is 14.8. The largest absolute Gasteiger partial charge is 0.322 e. The van der Waals surface area contributed by atoms with Crippen LogP contribution in [0.4, 0.5) is 10.8 Å². The zero-order chi connectivity index (χ0) is 19.0. The number of nitrogens with zero attached hydrogens (tertiary/aromatic N) is 2. The van der Waals surface area contributed by atoms with Gasteiger partial charge in [-0.2, -0.15) is 0 Å². The molecule has 2 aromatic carbocycles. The SMILES string of the molecule is CC(=O)Nc1nc2ccc(NC(=O)c3cc(C)nc4ccccc34)cc2s1. The Morgan fingerprint density at radius 1 is 0.963 bits per heavy atom. The first-order chi connectivity index (χ1) is 13.0. The first kappa shape index (κ1) is 17.1. The van der Waals surface area contributed by atoms with Gasteiger partial charge >= 0.3 is 0 Å². The fourth-order valence-corrected chi connectivity index (χ4v) is 3.85. The number of pyridine rings is 1. The molecule has 0 fully saturated rings. The predicted octanol–water partition coefficient (Wildman–Crippen LogP) is 4.36. The summed E-state index contributed by atoms with van der Waals surface area (Å²) in [5.74, 6) is -0.356. The number of hydrogen-bond donors (Lipinski definition) is 2. The van der Waals surface area contributed by atoms with E-state index in [-0.39, 0.29) is 11.8 Å². The number of amides is 2. The molecule has 6 nitrogen and oxygen atoms in total. The Morgan fingerprint density at radius 3 is 2.59 bits per heavy atom. The highest BCUT2D eigenvalue weighted by atomic mass is 32.1. The summed E-state index contributed by atoms with van der Waals surface area (Å²) < 4.78 is 0.882. The van der Waals surface area contributed by atoms with E-state index in [2.05, 4.69) is 20.6 Å². The van der Waals surface area contributed by atoms with Crippen molar-refractivity contribution in [2.24, 2.45) is 0 Å². The maximum Gasteiger partial charge on any atom is 0.256 e. The molecule has 0 bridgehead atoms. The topological polar surface area (TPSA) is 84.0 Å². The third-order valence-corrected chi connectivity index (χ3v) is 4.95. The van der Waals surface area contributed by atoms with E-state index in [1.165, 1.54) is 18.3 Å². The van der Waals surface area contributed by atoms with Crippen molar-refractivity contribution in [1.29, 1.82) is 0 Å². The van der Waals surface area contributed by atoms with E-state index in [0.29, 0.717) is 16.4 Å². The number of aryl methyl sites for hydroxylation is 1. The number of nitrogens with one attached hydrogen (secondary N) is 2. The minimum Gasteiger partial charge on any atom is -0.322 e. The Balaban J connectivity index is 1.66. The average Bonchev–Trinajstić information content (AvgIpc) is 3.01. The van der Waals surface area contributed by atoms with Crippen LogP contribution in [0.2, 0.25) is 0 Å². The monoisotopic (exact) mass is 376 g/mol. The summed E-state index contributed by atoms with van der Waals surface area (Å²) >= 11 is 1.36. The maximum absolute atomic E-state index is 12.9. The van der Waals surface area contributed by atoms with Crippen LogP contribution in [0, 0.1) is 6.92 Å². The molecule has 0 radical (unpaired) electrons. The molecular weight excluding hydrogens is 360 g/mol. The number of aromatic nitrogens is 2. The van der Waals surface area contributed by atoms with Crippen molar-refractivity contribution in [3.05, 3.63) is 59.8 Å². The van der Waals surface area contributed by atoms with Crippen LogP contribution in [0.15, 0.2) is 48.5 Å². The molecule has 2 amide bonds. The molecule has 0 aliphatic heterocycles. The van der Waals surface area contributed by atoms with E-state index >= 15 is 0 Å². The fourth-order valence-electron chi connectivity index (χ4n) is 2.90. The Hall–Kier alpha value is -3.32. The lowest BCUT2D eigenvalue weighted by Crippen LogP contribution is -2.13. The molecule has 4 aromatic rings. The van der Waals surface area contributed by atoms with E-state index < -0.39 is 0 Å². The Labute approximate surface area is 159 Å². The Bertz CT molecular complexity index is 1200. The highest BCUT2D eigenvalue weighted by molar-refractivity contribution is 7.22. The number of fused-ring (bicyclic) bond motifs is 2. The van der Waals surface area contributed by atoms with Crippen LogP contribution in [0.1, 0.15) is 23.0 Å². The lowest BCUT2D eigenvalue weighted by atomic mass is 10.1. The van der Waals surface area contributed by atoms with Crippen LogP contribution >= 0.6 is 11.3 Å². The number of carbonyl (C=O) groups excluding carboxylic acids is 2. The fraction of sp³-hybridized carbons (Fsp3) is 0.100. The molecule has 0 atom stereocenters. The molecule has 0 unspecified atom stereocenters. The maximum atomic E-state index is 12.9. The number of hydrogen-bond acceptors (Lipinski definition) is 5. The minimum atomic E-state index is -0.192. The molecule has 4 rings (SSSR count). The number of para-hydroxylation sites is 1. The van der Waals surface area contributed by atoms with Gasteiger partial charge in [-0.05, 0) is 37.3 Å². The molecule has 7 heteroatoms. The molecule has 0 aliphatic rings. The zero-order valence-electron chi connectivity index (χ0n) is 14.7. The molecule has 0 saturated heterocycles. The Morgan fingerprint density at radius 2 is 1.78 bits per heavy atom. The van der Waals surface area contributed by atoms with Crippen molar-refractivity contribution in [3.8, 4) is 0 Å². The van der Waals surface area contributed by atoms with Gasteiger partial charge in [0.2, 0.25) is 5.91 Å². The normalized spacial score (nSPS) is 10.9. The zero-order valence-corrected chi connectivity index (χ0v) is 15.6. The van der Waals surface area contributed by atoms with Gasteiger partial charge < -0.3 is 10.6 Å². The summed E-state index contributed by atoms with van der Waals surface area (Å²) in [5, 5.41) is 6.98. The molecule has 134 valence electrons. The third-order valence-electron chi connectivity index (χ3n) is 4.02. The summed E-state index contributed by atoms with van der Waals surface area (Å²) in [4.78, 5) is 32.9. The number of anilines is 2. The van der Waals surface area contributed by atoms with Gasteiger partial charge in [0.25, 0.3) is 5.91 Å². The first-order valence-corrected chi connectivity index (χ1v) is 9.17. The molecule has 0 aliphatic carbocycles. The van der Waals surface area contributed by atoms with Gasteiger partial charge in [0.1, 0.15) is 0 Å². The summed E-state index contributed by atoms with van der Waals surface area (Å²) in [6.07, 6.45) is 0. The quantitative estimate of drug-likeness (QED) is 0.556. The Kier molecular flexibility index (Phi) is 4.29. The highest BCUT2D eigenvalue weighted by Crippen LogP contribution is 2.29. The molecule has 2 heterocycles. The molecule has 2 N–H and O–H groups in total. The summed E-state index contributed by atoms with van der Waals surface area (Å²) in [7, 11) is 0. The molecule has 2 aromatic heterocycles. The van der Waals surface area contributed by atoms with E-state index in [1.54, 1.807) is 12.1 Å². The van der Waals surface area contributed by atoms with Gasteiger partial charge in [-0.15, -0.1) is 0 Å². The lowest BCUT2D eigenvalue weighted by Gasteiger charge is -2.09. The smallest absolute Gasteiger partial charge is 0.256 e. The van der Waals surface area contributed by atoms with Crippen LogP contribution in [-0.4, -0.2) is 21.8 Å². The van der Waals surface area contributed by atoms with E-state index in [1.807, 2.05) is 43.3 Å². The number of carbonyl (C=O) groups is 2. The highest BCUT2D eigenvalue weighted by Gasteiger charge is 2.13. The van der Waals surface area contributed by atoms with Crippen molar-refractivity contribution in [2.45, 2.75) is 13.8 Å². The second-order valence-electron chi connectivity index (χ2n) is 6.17. The lowest BCUT2D eigenvalue weighted by molar-refractivity contribution is -0.114. The van der Waals surface area contributed by atoms with Crippen molar-refractivity contribution in [3.63, 3.8) is 0 Å². The van der Waals surface area contributed by atoms with E-state index in [0.717, 1.165) is 26.8 Å². The molecule has 0 saturated carbocycles. The van der Waals surface area contributed by atoms with Crippen molar-refractivity contribution in [2.75, 3.05) is 10.6 Å². The summed E-state index contributed by atoms with van der Waals surface area (Å²) in [5.41, 5.74) is 3.61. The van der Waals surface area contributed by atoms with Crippen LogP contribution in [0.3, 0.4) is 0 Å². The molecule has 0 spiro atoms. The van der Waals surface area contributed by atoms with Gasteiger partial charge in [0.15, 0.2) is 5.13 Å². The second kappa shape index (κ2) is 6.77. The number of thiazole rings is 1. The van der Waals surface area contributed by atoms with Crippen LogP contribution < -0.4 is 10.6 Å². The van der Waals surface area contributed by atoms with Crippen molar-refractivity contribution in [1.82, 2.24) is 9.97 Å². The van der Waals surface area contributed by atoms with E-state index in [4.69, 9.17) is 0 Å². The standard InChI is InChI=1S/C20H16N4O2S/c1-11-9-15(14-5-3-4-6-16(14)21-11)19(26)23-13-7-8-17-18(10-13)27-20(24-17)22-12(2)25/h3-10H,1-2H3,(H,23,26)(H,22,24,25). The van der Waals surface area contributed by atoms with Crippen LogP contribution in [0.25, 0.3) is 21.1 Å². The van der Waals surface area contributed by atoms with Crippen molar-refractivity contribution >= 4 is 55.1 Å². The average molecular weight is 376 g/mol. The van der Waals surface area contributed by atoms with Gasteiger partial charge in [0, 0.05) is 23.7 Å². The van der Waals surface area contributed by atoms with Crippen molar-refractivity contribution < 1.29 is 9.59 Å². The first-order valence-electron chi connectivity index (χ1n) is 8.35. The number of benzene rings is 2. The predicted molar refractivity (Wildman–Crippen MR) is 108 cm³/mol. The van der Waals surface area contributed by atoms with Gasteiger partial charge in [-0.3, -0.25) is 14.6 Å². The second-order valence-corrected chi connectivity index (χ2v) is 7.20. The third kappa shape index (κ3) is 3.50. The van der Waals surface area contributed by atoms with Crippen LogP contribution in [0.5, 0.6) is 0 Å². The van der Waals surface area contributed by atoms with Crippen LogP contribution in [-0.2, 0) is 4.79 Å². The minimum absolute atomic E-state index is 0.164. The van der Waals surface area contributed by atoms with Gasteiger partial charge in [-0.25, -0.2) is 4.98 Å². The summed E-state index contributed by atoms with van der Waals surface area (Å²) in [6.45, 7) is 3.31. The number of rotatable bonds is 3. The van der Waals surface area contributed by atoms with Gasteiger partial charge in [-0.1, -0.05) is 29.5 Å². The molecular formula is C20H16N4O2S. The molecule has 27 heavy (non-hydrogen) atoms.